The summed E-state index contributed by atoms with van der Waals surface area (Å²) in [7, 11) is 1.61. The molecule has 0 bridgehead atoms. The van der Waals surface area contributed by atoms with Crippen molar-refractivity contribution < 1.29 is 14.3 Å². The molecule has 0 saturated heterocycles. The summed E-state index contributed by atoms with van der Waals surface area (Å²) in [6.45, 7) is 0.233. The molecule has 1 aliphatic rings. The van der Waals surface area contributed by atoms with Crippen LogP contribution in [0, 0.1) is 0 Å². The van der Waals surface area contributed by atoms with Crippen LogP contribution >= 0.6 is 0 Å². The van der Waals surface area contributed by atoms with E-state index in [0.29, 0.717) is 0 Å². The van der Waals surface area contributed by atoms with Crippen molar-refractivity contribution in [2.24, 2.45) is 0 Å². The maximum atomic E-state index is 13.7. The first kappa shape index (κ1) is 23.4. The molecule has 0 radical (unpaired) electrons. The predicted molar refractivity (Wildman–Crippen MR) is 129 cm³/mol. The molecule has 0 aliphatic heterocycles. The average molecular weight is 459 g/mol. The van der Waals surface area contributed by atoms with Gasteiger partial charge in [-0.3, -0.25) is 14.6 Å². The highest BCUT2D eigenvalue weighted by Gasteiger charge is 2.34. The molecular weight excluding hydrogens is 428 g/mol. The maximum absolute atomic E-state index is 13.7. The first-order valence-corrected chi connectivity index (χ1v) is 11.7. The molecule has 2 amide bonds. The van der Waals surface area contributed by atoms with Crippen LogP contribution in [0.25, 0.3) is 0 Å². The minimum atomic E-state index is -0.806. The van der Waals surface area contributed by atoms with E-state index in [1.807, 2.05) is 54.6 Å². The summed E-state index contributed by atoms with van der Waals surface area (Å²) < 4.78 is 5.27. The third-order valence-electron chi connectivity index (χ3n) is 6.18. The summed E-state index contributed by atoms with van der Waals surface area (Å²) in [5, 5.41) is 3.22. The molecule has 34 heavy (non-hydrogen) atoms. The van der Waals surface area contributed by atoms with E-state index in [2.05, 4.69) is 15.3 Å². The second kappa shape index (κ2) is 11.4. The van der Waals surface area contributed by atoms with Crippen molar-refractivity contribution in [2.45, 2.75) is 50.7 Å². The summed E-state index contributed by atoms with van der Waals surface area (Å²) in [4.78, 5) is 37.3. The van der Waals surface area contributed by atoms with Crippen LogP contribution in [0.3, 0.4) is 0 Å². The molecule has 0 spiro atoms. The van der Waals surface area contributed by atoms with Gasteiger partial charge in [-0.05, 0) is 36.1 Å². The van der Waals surface area contributed by atoms with Gasteiger partial charge in [0.15, 0.2) is 0 Å². The molecule has 1 aliphatic carbocycles. The van der Waals surface area contributed by atoms with Crippen molar-refractivity contribution in [2.75, 3.05) is 7.11 Å². The number of ether oxygens (including phenoxy) is 1. The molecule has 2 aromatic carbocycles. The Morgan fingerprint density at radius 1 is 1.03 bits per heavy atom. The van der Waals surface area contributed by atoms with Gasteiger partial charge in [0.2, 0.25) is 5.91 Å². The Balaban J connectivity index is 1.71. The van der Waals surface area contributed by atoms with E-state index in [1.165, 1.54) is 25.0 Å². The minimum Gasteiger partial charge on any atom is -0.497 e. The second-order valence-electron chi connectivity index (χ2n) is 8.53. The number of rotatable bonds is 8. The van der Waals surface area contributed by atoms with Gasteiger partial charge in [0.05, 0.1) is 13.3 Å². The fraction of sp³-hybridized carbons (Fsp3) is 0.333. The van der Waals surface area contributed by atoms with E-state index in [9.17, 15) is 9.59 Å². The van der Waals surface area contributed by atoms with Crippen molar-refractivity contribution in [1.82, 2.24) is 20.2 Å². The van der Waals surface area contributed by atoms with Crippen molar-refractivity contribution in [3.63, 3.8) is 0 Å². The Bertz CT molecular complexity index is 1070. The molecule has 1 atom stereocenters. The van der Waals surface area contributed by atoms with Gasteiger partial charge >= 0.3 is 0 Å². The first-order valence-electron chi connectivity index (χ1n) is 11.7. The third kappa shape index (κ3) is 5.78. The van der Waals surface area contributed by atoms with Crippen LogP contribution in [0.2, 0.25) is 0 Å². The Morgan fingerprint density at radius 2 is 1.76 bits per heavy atom. The summed E-state index contributed by atoms with van der Waals surface area (Å²) in [6.07, 6.45) is 9.78. The number of nitrogens with zero attached hydrogens (tertiary/aromatic N) is 3. The monoisotopic (exact) mass is 458 g/mol. The first-order chi connectivity index (χ1) is 16.7. The van der Waals surface area contributed by atoms with Gasteiger partial charge in [-0.2, -0.15) is 0 Å². The van der Waals surface area contributed by atoms with Crippen molar-refractivity contribution in [3.8, 4) is 5.75 Å². The lowest BCUT2D eigenvalue weighted by molar-refractivity contribution is -0.127. The number of hydrogen-bond acceptors (Lipinski definition) is 5. The topological polar surface area (TPSA) is 84.4 Å². The third-order valence-corrected chi connectivity index (χ3v) is 6.18. The Hall–Kier alpha value is -3.74. The number of nitrogens with one attached hydrogen (secondary N) is 1. The molecule has 7 nitrogen and oxygen atoms in total. The van der Waals surface area contributed by atoms with Crippen LogP contribution in [0.15, 0.2) is 73.2 Å². The van der Waals surface area contributed by atoms with E-state index >= 15 is 0 Å². The van der Waals surface area contributed by atoms with E-state index in [1.54, 1.807) is 12.0 Å². The van der Waals surface area contributed by atoms with Gasteiger partial charge in [-0.15, -0.1) is 0 Å². The van der Waals surface area contributed by atoms with Crippen LogP contribution in [0.4, 0.5) is 0 Å². The van der Waals surface area contributed by atoms with Crippen LogP contribution in [0.5, 0.6) is 5.75 Å². The van der Waals surface area contributed by atoms with Crippen LogP contribution in [0.1, 0.15) is 59.8 Å². The number of benzene rings is 2. The van der Waals surface area contributed by atoms with Gasteiger partial charge < -0.3 is 15.0 Å². The fourth-order valence-electron chi connectivity index (χ4n) is 4.40. The predicted octanol–water partition coefficient (Wildman–Crippen LogP) is 4.32. The Kier molecular flexibility index (Phi) is 7.86. The summed E-state index contributed by atoms with van der Waals surface area (Å²) in [5.74, 6) is 0.200. The molecule has 1 fully saturated rings. The quantitative estimate of drug-likeness (QED) is 0.544. The molecule has 1 aromatic heterocycles. The Morgan fingerprint density at radius 3 is 2.41 bits per heavy atom. The molecule has 176 valence electrons. The molecule has 1 saturated carbocycles. The van der Waals surface area contributed by atoms with E-state index in [0.717, 1.165) is 42.6 Å². The van der Waals surface area contributed by atoms with E-state index < -0.39 is 6.04 Å². The highest BCUT2D eigenvalue weighted by molar-refractivity contribution is 5.96. The lowest BCUT2D eigenvalue weighted by Gasteiger charge is -2.33. The van der Waals surface area contributed by atoms with E-state index in [4.69, 9.17) is 4.74 Å². The van der Waals surface area contributed by atoms with Crippen molar-refractivity contribution in [1.29, 1.82) is 0 Å². The minimum absolute atomic E-state index is 0.127. The smallest absolute Gasteiger partial charge is 0.275 e. The summed E-state index contributed by atoms with van der Waals surface area (Å²) in [5.41, 5.74) is 1.83. The molecule has 0 unspecified atom stereocenters. The van der Waals surface area contributed by atoms with Crippen LogP contribution in [-0.2, 0) is 11.3 Å². The number of aromatic nitrogens is 2. The van der Waals surface area contributed by atoms with Crippen molar-refractivity contribution in [3.05, 3.63) is 90.0 Å². The molecule has 7 heteroatoms. The normalized spacial score (nSPS) is 14.7. The largest absolute Gasteiger partial charge is 0.497 e. The van der Waals surface area contributed by atoms with Crippen LogP contribution in [-0.4, -0.2) is 39.8 Å². The fourth-order valence-corrected chi connectivity index (χ4v) is 4.40. The lowest BCUT2D eigenvalue weighted by Crippen LogP contribution is -2.47. The van der Waals surface area contributed by atoms with Gasteiger partial charge in [-0.25, -0.2) is 4.98 Å². The highest BCUT2D eigenvalue weighted by atomic mass is 16.5. The van der Waals surface area contributed by atoms with Gasteiger partial charge in [0.25, 0.3) is 5.91 Å². The highest BCUT2D eigenvalue weighted by Crippen LogP contribution is 2.27. The number of amides is 2. The molecular formula is C27H30N4O3. The zero-order chi connectivity index (χ0) is 23.8. The second-order valence-corrected chi connectivity index (χ2v) is 8.53. The van der Waals surface area contributed by atoms with Crippen LogP contribution < -0.4 is 10.1 Å². The lowest BCUT2D eigenvalue weighted by atomic mass is 9.94. The zero-order valence-electron chi connectivity index (χ0n) is 19.4. The summed E-state index contributed by atoms with van der Waals surface area (Å²) >= 11 is 0. The maximum Gasteiger partial charge on any atom is 0.275 e. The SMILES string of the molecule is COc1ccc(CN(C(=O)c2cnccn2)[C@@H](C(=O)NC2CCCCC2)c2ccccc2)cc1. The molecule has 3 aromatic rings. The number of hydrogen-bond donors (Lipinski definition) is 1. The molecule has 1 heterocycles. The zero-order valence-corrected chi connectivity index (χ0v) is 19.4. The molecule has 4 rings (SSSR count). The Labute approximate surface area is 200 Å². The number of carbonyl (C=O) groups excluding carboxylic acids is 2. The van der Waals surface area contributed by atoms with Crippen molar-refractivity contribution >= 4 is 11.8 Å². The summed E-state index contributed by atoms with van der Waals surface area (Å²) in [6, 6.07) is 16.3. The standard InChI is InChI=1S/C27H30N4O3/c1-34-23-14-12-20(13-15-23)19-31(27(33)24-18-28-16-17-29-24)25(21-8-4-2-5-9-21)26(32)30-22-10-6-3-7-11-22/h2,4-5,8-9,12-18,22,25H,3,6-7,10-11,19H2,1H3,(H,30,32)/t25-/m1/s1. The number of methoxy groups -OCH3 is 1. The van der Waals surface area contributed by atoms with Gasteiger partial charge in [0.1, 0.15) is 17.5 Å². The van der Waals surface area contributed by atoms with Gasteiger partial charge in [0, 0.05) is 25.0 Å². The average Bonchev–Trinajstić information content (AvgIpc) is 2.90. The number of carbonyl (C=O) groups is 2. The molecule has 1 N–H and O–H groups in total. The van der Waals surface area contributed by atoms with E-state index in [-0.39, 0.29) is 30.1 Å². The van der Waals surface area contributed by atoms with Gasteiger partial charge in [-0.1, -0.05) is 61.7 Å².